The molecule has 1 amide bonds. The van der Waals surface area contributed by atoms with Gasteiger partial charge in [0, 0.05) is 24.5 Å². The highest BCUT2D eigenvalue weighted by Gasteiger charge is 2.42. The fourth-order valence-electron chi connectivity index (χ4n) is 3.41. The summed E-state index contributed by atoms with van der Waals surface area (Å²) in [5.74, 6) is -1.72. The minimum Gasteiger partial charge on any atom is -0.480 e. The normalized spacial score (nSPS) is 12.7. The first-order valence-electron chi connectivity index (χ1n) is 10.3. The van der Waals surface area contributed by atoms with Gasteiger partial charge < -0.3 is 20.7 Å². The molecule has 1 atom stereocenters. The van der Waals surface area contributed by atoms with E-state index in [0.29, 0.717) is 28.3 Å². The molecule has 0 aliphatic heterocycles. The lowest BCUT2D eigenvalue weighted by Gasteiger charge is -2.24. The van der Waals surface area contributed by atoms with Crippen LogP contribution in [0, 0.1) is 0 Å². The topological polar surface area (TPSA) is 127 Å². The summed E-state index contributed by atoms with van der Waals surface area (Å²) < 4.78 is 1.78. The molecule has 0 saturated carbocycles. The molecule has 1 unspecified atom stereocenters. The molecule has 8 nitrogen and oxygen atoms in total. The van der Waals surface area contributed by atoms with Gasteiger partial charge in [-0.3, -0.25) is 9.59 Å². The van der Waals surface area contributed by atoms with Crippen LogP contribution in [0.1, 0.15) is 22.5 Å². The zero-order valence-corrected chi connectivity index (χ0v) is 19.3. The SMILES string of the molecule is CSCCC(N)(C(=O)O)C(=O)c1ccccc1-c1ccc(NC(=O)Cc2cn(C)cn2)cc1. The van der Waals surface area contributed by atoms with Crippen molar-refractivity contribution in [3.8, 4) is 11.1 Å². The number of carbonyl (C=O) groups is 3. The lowest BCUT2D eigenvalue weighted by molar-refractivity contribution is -0.141. The molecule has 4 N–H and O–H groups in total. The Kier molecular flexibility index (Phi) is 7.67. The first-order chi connectivity index (χ1) is 15.7. The molecule has 0 radical (unpaired) electrons. The molecular formula is C24H26N4O4S. The summed E-state index contributed by atoms with van der Waals surface area (Å²) in [5.41, 5.74) is 6.88. The number of Topliss-reactive ketones (excluding diaryl/α,β-unsaturated/α-hetero) is 1. The average molecular weight is 467 g/mol. The number of carboxylic acid groups (broad SMARTS) is 1. The Morgan fingerprint density at radius 3 is 2.45 bits per heavy atom. The van der Waals surface area contributed by atoms with Crippen molar-refractivity contribution in [2.45, 2.75) is 18.4 Å². The predicted molar refractivity (Wildman–Crippen MR) is 129 cm³/mol. The van der Waals surface area contributed by atoms with Gasteiger partial charge in [-0.2, -0.15) is 11.8 Å². The van der Waals surface area contributed by atoms with Crippen molar-refractivity contribution in [3.63, 3.8) is 0 Å². The van der Waals surface area contributed by atoms with Crippen LogP contribution >= 0.6 is 11.8 Å². The number of hydrogen-bond acceptors (Lipinski definition) is 6. The Morgan fingerprint density at radius 1 is 1.15 bits per heavy atom. The number of thioether (sulfide) groups is 1. The van der Waals surface area contributed by atoms with E-state index in [1.54, 1.807) is 65.6 Å². The third-order valence-electron chi connectivity index (χ3n) is 5.24. The minimum absolute atomic E-state index is 0.0257. The average Bonchev–Trinajstić information content (AvgIpc) is 3.21. The molecule has 3 rings (SSSR count). The number of nitrogens with two attached hydrogens (primary N) is 1. The van der Waals surface area contributed by atoms with Crippen molar-refractivity contribution in [2.24, 2.45) is 12.8 Å². The smallest absolute Gasteiger partial charge is 0.331 e. The van der Waals surface area contributed by atoms with E-state index in [4.69, 9.17) is 5.73 Å². The molecule has 2 aromatic carbocycles. The molecule has 0 bridgehead atoms. The molecule has 33 heavy (non-hydrogen) atoms. The van der Waals surface area contributed by atoms with Crippen molar-refractivity contribution in [1.82, 2.24) is 9.55 Å². The Morgan fingerprint density at radius 2 is 1.85 bits per heavy atom. The second-order valence-electron chi connectivity index (χ2n) is 7.73. The van der Waals surface area contributed by atoms with Gasteiger partial charge in [0.2, 0.25) is 5.91 Å². The second-order valence-corrected chi connectivity index (χ2v) is 8.71. The van der Waals surface area contributed by atoms with Crippen molar-refractivity contribution >= 4 is 35.1 Å². The number of carboxylic acids is 1. The number of ketones is 1. The number of nitrogens with one attached hydrogen (secondary N) is 1. The van der Waals surface area contributed by atoms with Gasteiger partial charge in [-0.15, -0.1) is 0 Å². The second kappa shape index (κ2) is 10.5. The predicted octanol–water partition coefficient (Wildman–Crippen LogP) is 2.99. The molecule has 1 heterocycles. The molecule has 0 saturated heterocycles. The lowest BCUT2D eigenvalue weighted by atomic mass is 9.84. The maximum Gasteiger partial charge on any atom is 0.331 e. The van der Waals surface area contributed by atoms with Gasteiger partial charge in [0.1, 0.15) is 0 Å². The van der Waals surface area contributed by atoms with Gasteiger partial charge >= 0.3 is 5.97 Å². The monoisotopic (exact) mass is 466 g/mol. The highest BCUT2D eigenvalue weighted by atomic mass is 32.2. The van der Waals surface area contributed by atoms with Crippen molar-refractivity contribution in [1.29, 1.82) is 0 Å². The lowest BCUT2D eigenvalue weighted by Crippen LogP contribution is -2.55. The minimum atomic E-state index is -2.00. The molecule has 0 spiro atoms. The Balaban J connectivity index is 1.81. The van der Waals surface area contributed by atoms with Crippen molar-refractivity contribution < 1.29 is 19.5 Å². The van der Waals surface area contributed by atoms with Crippen LogP contribution in [0.4, 0.5) is 5.69 Å². The quantitative estimate of drug-likeness (QED) is 0.310. The standard InChI is InChI=1S/C24H26N4O4S/c1-28-14-18(26-15-28)13-21(29)27-17-9-7-16(8-10-17)19-5-3-4-6-20(19)22(30)24(25,23(31)32)11-12-33-2/h3-10,14-15H,11-13,25H2,1-2H3,(H,27,29)(H,31,32). The largest absolute Gasteiger partial charge is 0.480 e. The Bertz CT molecular complexity index is 1160. The van der Waals surface area contributed by atoms with Crippen LogP contribution in [0.2, 0.25) is 0 Å². The van der Waals surface area contributed by atoms with Crippen LogP contribution < -0.4 is 11.1 Å². The number of nitrogens with zero attached hydrogens (tertiary/aromatic N) is 2. The number of amides is 1. The Labute approximate surface area is 196 Å². The fourth-order valence-corrected chi connectivity index (χ4v) is 3.94. The van der Waals surface area contributed by atoms with E-state index < -0.39 is 17.3 Å². The number of anilines is 1. The highest BCUT2D eigenvalue weighted by Crippen LogP contribution is 2.29. The van der Waals surface area contributed by atoms with E-state index >= 15 is 0 Å². The van der Waals surface area contributed by atoms with E-state index in [1.807, 2.05) is 13.3 Å². The first kappa shape index (κ1) is 24.2. The third-order valence-corrected chi connectivity index (χ3v) is 5.85. The van der Waals surface area contributed by atoms with Gasteiger partial charge in [0.25, 0.3) is 0 Å². The van der Waals surface area contributed by atoms with E-state index in [9.17, 15) is 19.5 Å². The number of aromatic nitrogens is 2. The van der Waals surface area contributed by atoms with Crippen LogP contribution in [0.15, 0.2) is 61.1 Å². The summed E-state index contributed by atoms with van der Waals surface area (Å²) in [6.07, 6.45) is 5.43. The van der Waals surface area contributed by atoms with E-state index in [2.05, 4.69) is 10.3 Å². The molecule has 3 aromatic rings. The highest BCUT2D eigenvalue weighted by molar-refractivity contribution is 7.98. The number of aliphatic carboxylic acids is 1. The summed E-state index contributed by atoms with van der Waals surface area (Å²) in [6, 6.07) is 13.8. The molecule has 1 aromatic heterocycles. The summed E-state index contributed by atoms with van der Waals surface area (Å²) in [5, 5.41) is 12.5. The van der Waals surface area contributed by atoms with Crippen molar-refractivity contribution in [2.75, 3.05) is 17.3 Å². The molecule has 0 fully saturated rings. The molecule has 0 aliphatic rings. The van der Waals surface area contributed by atoms with Gasteiger partial charge in [-0.05, 0) is 41.7 Å². The van der Waals surface area contributed by atoms with Gasteiger partial charge in [-0.1, -0.05) is 36.4 Å². The number of hydrogen-bond donors (Lipinski definition) is 3. The van der Waals surface area contributed by atoms with Crippen LogP contribution in [0.5, 0.6) is 0 Å². The number of imidazole rings is 1. The van der Waals surface area contributed by atoms with Crippen LogP contribution in [-0.4, -0.2) is 49.9 Å². The maximum absolute atomic E-state index is 13.2. The number of aryl methyl sites for hydroxylation is 1. The number of rotatable bonds is 10. The Hall–Kier alpha value is -3.43. The molecule has 172 valence electrons. The summed E-state index contributed by atoms with van der Waals surface area (Å²) in [4.78, 5) is 41.5. The molecule has 9 heteroatoms. The van der Waals surface area contributed by atoms with Gasteiger partial charge in [0.05, 0.1) is 18.4 Å². The zero-order chi connectivity index (χ0) is 24.0. The van der Waals surface area contributed by atoms with E-state index in [0.717, 1.165) is 0 Å². The summed E-state index contributed by atoms with van der Waals surface area (Å²) in [7, 11) is 1.84. The van der Waals surface area contributed by atoms with E-state index in [-0.39, 0.29) is 24.3 Å². The van der Waals surface area contributed by atoms with Gasteiger partial charge in [0.15, 0.2) is 11.3 Å². The summed E-state index contributed by atoms with van der Waals surface area (Å²) >= 11 is 1.43. The first-order valence-corrected chi connectivity index (χ1v) is 11.7. The number of carbonyl (C=O) groups excluding carboxylic acids is 2. The van der Waals surface area contributed by atoms with E-state index in [1.165, 1.54) is 11.8 Å². The van der Waals surface area contributed by atoms with Crippen LogP contribution in [0.25, 0.3) is 11.1 Å². The van der Waals surface area contributed by atoms with Gasteiger partial charge in [-0.25, -0.2) is 9.78 Å². The van der Waals surface area contributed by atoms with Crippen LogP contribution in [0.3, 0.4) is 0 Å². The number of benzene rings is 2. The maximum atomic E-state index is 13.2. The third kappa shape index (κ3) is 5.68. The van der Waals surface area contributed by atoms with Crippen LogP contribution in [-0.2, 0) is 23.1 Å². The molecule has 0 aliphatic carbocycles. The zero-order valence-electron chi connectivity index (χ0n) is 18.4. The molecular weight excluding hydrogens is 440 g/mol. The summed E-state index contributed by atoms with van der Waals surface area (Å²) in [6.45, 7) is 0. The fraction of sp³-hybridized carbons (Fsp3) is 0.250. The van der Waals surface area contributed by atoms with Crippen molar-refractivity contribution in [3.05, 3.63) is 72.3 Å².